The summed E-state index contributed by atoms with van der Waals surface area (Å²) in [4.78, 5) is 27.9. The molecule has 0 saturated carbocycles. The van der Waals surface area contributed by atoms with Crippen LogP contribution in [0.2, 0.25) is 0 Å². The minimum absolute atomic E-state index is 0.0815. The lowest BCUT2D eigenvalue weighted by Crippen LogP contribution is -2.15. The van der Waals surface area contributed by atoms with Gasteiger partial charge in [-0.05, 0) is 25.1 Å². The fourth-order valence-corrected chi connectivity index (χ4v) is 2.25. The number of aromatic carboxylic acids is 1. The van der Waals surface area contributed by atoms with Crippen LogP contribution < -0.4 is 5.56 Å². The van der Waals surface area contributed by atoms with Crippen LogP contribution in [0.25, 0.3) is 16.7 Å². The number of carboxylic acids is 1. The second-order valence-corrected chi connectivity index (χ2v) is 4.16. The maximum absolute atomic E-state index is 12.3. The van der Waals surface area contributed by atoms with Gasteiger partial charge in [-0.2, -0.15) is 0 Å². The smallest absolute Gasteiger partial charge is 0.352 e. The van der Waals surface area contributed by atoms with Crippen LogP contribution in [0.3, 0.4) is 0 Å². The molecule has 6 nitrogen and oxygen atoms in total. The average molecular weight is 257 g/mol. The molecule has 0 unspecified atom stereocenters. The topological polar surface area (TPSA) is 76.6 Å². The van der Waals surface area contributed by atoms with Gasteiger partial charge in [0.05, 0.1) is 5.39 Å². The van der Waals surface area contributed by atoms with Gasteiger partial charge in [-0.15, -0.1) is 0 Å². The van der Waals surface area contributed by atoms with E-state index in [0.717, 1.165) is 0 Å². The zero-order valence-electron chi connectivity index (χ0n) is 10.2. The standard InChI is InChI=1S/C13H11N3O3/c1-2-15-9(13(18)19)7-8-11(15)14-10-5-3-4-6-16(10)12(8)17/h3-7H,2H2,1H3,(H,18,19). The van der Waals surface area contributed by atoms with E-state index >= 15 is 0 Å². The number of nitrogens with zero attached hydrogens (tertiary/aromatic N) is 3. The Kier molecular flexibility index (Phi) is 2.38. The van der Waals surface area contributed by atoms with Crippen molar-refractivity contribution >= 4 is 22.6 Å². The fourth-order valence-electron chi connectivity index (χ4n) is 2.25. The third-order valence-corrected chi connectivity index (χ3v) is 3.11. The third-order valence-electron chi connectivity index (χ3n) is 3.11. The molecule has 0 aliphatic carbocycles. The van der Waals surface area contributed by atoms with Crippen molar-refractivity contribution in [3.05, 3.63) is 46.5 Å². The van der Waals surface area contributed by atoms with Crippen LogP contribution >= 0.6 is 0 Å². The average Bonchev–Trinajstić information content (AvgIpc) is 2.78. The van der Waals surface area contributed by atoms with Crippen molar-refractivity contribution in [3.63, 3.8) is 0 Å². The Morgan fingerprint density at radius 2 is 2.21 bits per heavy atom. The highest BCUT2D eigenvalue weighted by Gasteiger charge is 2.17. The van der Waals surface area contributed by atoms with Crippen LogP contribution in [0, 0.1) is 0 Å². The molecule has 3 heterocycles. The van der Waals surface area contributed by atoms with Gasteiger partial charge < -0.3 is 9.67 Å². The molecule has 0 fully saturated rings. The lowest BCUT2D eigenvalue weighted by atomic mass is 10.3. The number of carbonyl (C=O) groups is 1. The van der Waals surface area contributed by atoms with Crippen LogP contribution in [0.1, 0.15) is 17.4 Å². The molecule has 0 saturated heterocycles. The van der Waals surface area contributed by atoms with Gasteiger partial charge in [0, 0.05) is 12.7 Å². The van der Waals surface area contributed by atoms with Crippen LogP contribution in [0.4, 0.5) is 0 Å². The Labute approximate surface area is 107 Å². The molecular weight excluding hydrogens is 246 g/mol. The van der Waals surface area contributed by atoms with Crippen molar-refractivity contribution in [2.75, 3.05) is 0 Å². The molecule has 1 N–H and O–H groups in total. The van der Waals surface area contributed by atoms with Gasteiger partial charge in [0.15, 0.2) is 0 Å². The van der Waals surface area contributed by atoms with E-state index in [1.807, 2.05) is 6.92 Å². The van der Waals surface area contributed by atoms with Gasteiger partial charge in [-0.1, -0.05) is 6.07 Å². The predicted octanol–water partition coefficient (Wildman–Crippen LogP) is 1.37. The molecule has 0 atom stereocenters. The first kappa shape index (κ1) is 11.5. The fraction of sp³-hybridized carbons (Fsp3) is 0.154. The van der Waals surface area contributed by atoms with E-state index in [-0.39, 0.29) is 11.3 Å². The molecule has 3 rings (SSSR count). The van der Waals surface area contributed by atoms with Crippen LogP contribution in [0.15, 0.2) is 35.3 Å². The lowest BCUT2D eigenvalue weighted by Gasteiger charge is -2.04. The van der Waals surface area contributed by atoms with Gasteiger partial charge in [0.2, 0.25) is 0 Å². The molecule has 0 aromatic carbocycles. The molecular formula is C13H11N3O3. The zero-order valence-corrected chi connectivity index (χ0v) is 10.2. The Hall–Kier alpha value is -2.63. The zero-order chi connectivity index (χ0) is 13.6. The number of pyridine rings is 1. The summed E-state index contributed by atoms with van der Waals surface area (Å²) in [5, 5.41) is 9.49. The minimum atomic E-state index is -1.06. The molecule has 3 aromatic rings. The SMILES string of the molecule is CCn1c(C(=O)O)cc2c(=O)n3ccccc3nc21. The minimum Gasteiger partial charge on any atom is -0.477 e. The van der Waals surface area contributed by atoms with Gasteiger partial charge in [-0.3, -0.25) is 9.20 Å². The van der Waals surface area contributed by atoms with Gasteiger partial charge in [-0.25, -0.2) is 9.78 Å². The van der Waals surface area contributed by atoms with E-state index in [2.05, 4.69) is 4.98 Å². The summed E-state index contributed by atoms with van der Waals surface area (Å²) in [6.45, 7) is 2.26. The van der Waals surface area contributed by atoms with E-state index in [1.54, 1.807) is 24.4 Å². The number of fused-ring (bicyclic) bond motifs is 2. The highest BCUT2D eigenvalue weighted by molar-refractivity contribution is 5.93. The summed E-state index contributed by atoms with van der Waals surface area (Å²) in [6.07, 6.45) is 1.62. The van der Waals surface area contributed by atoms with E-state index in [4.69, 9.17) is 5.11 Å². The number of carboxylic acid groups (broad SMARTS) is 1. The first-order chi connectivity index (χ1) is 9.13. The molecule has 0 amide bonds. The highest BCUT2D eigenvalue weighted by atomic mass is 16.4. The molecule has 0 radical (unpaired) electrons. The first-order valence-corrected chi connectivity index (χ1v) is 5.87. The van der Waals surface area contributed by atoms with Crippen molar-refractivity contribution in [1.82, 2.24) is 14.0 Å². The van der Waals surface area contributed by atoms with E-state index in [1.165, 1.54) is 15.0 Å². The number of aromatic nitrogens is 3. The Bertz CT molecular complexity index is 861. The maximum Gasteiger partial charge on any atom is 0.352 e. The highest BCUT2D eigenvalue weighted by Crippen LogP contribution is 2.16. The largest absolute Gasteiger partial charge is 0.477 e. The van der Waals surface area contributed by atoms with Gasteiger partial charge >= 0.3 is 5.97 Å². The van der Waals surface area contributed by atoms with Crippen molar-refractivity contribution in [3.8, 4) is 0 Å². The quantitative estimate of drug-likeness (QED) is 0.752. The molecule has 0 bridgehead atoms. The summed E-state index contributed by atoms with van der Waals surface area (Å²) >= 11 is 0. The molecule has 96 valence electrons. The predicted molar refractivity (Wildman–Crippen MR) is 69.6 cm³/mol. The van der Waals surface area contributed by atoms with Gasteiger partial charge in [0.25, 0.3) is 5.56 Å². The van der Waals surface area contributed by atoms with Gasteiger partial charge in [0.1, 0.15) is 17.0 Å². The van der Waals surface area contributed by atoms with E-state index in [0.29, 0.717) is 23.2 Å². The first-order valence-electron chi connectivity index (χ1n) is 5.87. The normalized spacial score (nSPS) is 11.2. The molecule has 0 aliphatic heterocycles. The Morgan fingerprint density at radius 3 is 2.89 bits per heavy atom. The second-order valence-electron chi connectivity index (χ2n) is 4.16. The summed E-state index contributed by atoms with van der Waals surface area (Å²) in [5.74, 6) is -1.06. The number of hydrogen-bond acceptors (Lipinski definition) is 3. The molecule has 3 aromatic heterocycles. The summed E-state index contributed by atoms with van der Waals surface area (Å²) < 4.78 is 2.94. The second kappa shape index (κ2) is 3.94. The number of hydrogen-bond donors (Lipinski definition) is 1. The number of rotatable bonds is 2. The molecule has 19 heavy (non-hydrogen) atoms. The van der Waals surface area contributed by atoms with Crippen LogP contribution in [0.5, 0.6) is 0 Å². The third kappa shape index (κ3) is 1.53. The Balaban J connectivity index is 2.55. The van der Waals surface area contributed by atoms with Crippen molar-refractivity contribution in [2.45, 2.75) is 13.5 Å². The Morgan fingerprint density at radius 1 is 1.42 bits per heavy atom. The van der Waals surface area contributed by atoms with E-state index in [9.17, 15) is 9.59 Å². The van der Waals surface area contributed by atoms with Crippen LogP contribution in [-0.2, 0) is 6.54 Å². The van der Waals surface area contributed by atoms with Crippen molar-refractivity contribution in [1.29, 1.82) is 0 Å². The number of aryl methyl sites for hydroxylation is 1. The maximum atomic E-state index is 12.3. The van der Waals surface area contributed by atoms with Crippen LogP contribution in [-0.4, -0.2) is 25.0 Å². The van der Waals surface area contributed by atoms with Crippen molar-refractivity contribution < 1.29 is 9.90 Å². The monoisotopic (exact) mass is 257 g/mol. The summed E-state index contributed by atoms with van der Waals surface area (Å²) in [7, 11) is 0. The van der Waals surface area contributed by atoms with Crippen molar-refractivity contribution in [2.24, 2.45) is 0 Å². The van der Waals surface area contributed by atoms with E-state index < -0.39 is 5.97 Å². The molecule has 0 spiro atoms. The molecule has 0 aliphatic rings. The lowest BCUT2D eigenvalue weighted by molar-refractivity contribution is 0.0686. The summed E-state index contributed by atoms with van der Waals surface area (Å²) in [5.41, 5.74) is 0.745. The molecule has 6 heteroatoms. The summed E-state index contributed by atoms with van der Waals surface area (Å²) in [6, 6.07) is 6.62.